The summed E-state index contributed by atoms with van der Waals surface area (Å²) in [6.45, 7) is 3.95. The number of hydrogen-bond donors (Lipinski definition) is 2. The fraction of sp³-hybridized carbons (Fsp3) is 0.286. The minimum absolute atomic E-state index is 0. The van der Waals surface area contributed by atoms with Crippen LogP contribution in [-0.4, -0.2) is 17.4 Å². The SMILES string of the molecule is Cc1cnc(-c2cccc(NC(=O)C(C)CN)c2)o1.Cl. The van der Waals surface area contributed by atoms with Crippen LogP contribution in [0.1, 0.15) is 12.7 Å². The molecule has 1 aromatic carbocycles. The minimum atomic E-state index is -0.215. The summed E-state index contributed by atoms with van der Waals surface area (Å²) in [6, 6.07) is 7.37. The van der Waals surface area contributed by atoms with Gasteiger partial charge in [0.15, 0.2) is 0 Å². The average molecular weight is 296 g/mol. The van der Waals surface area contributed by atoms with E-state index in [2.05, 4.69) is 10.3 Å². The van der Waals surface area contributed by atoms with E-state index in [-0.39, 0.29) is 24.2 Å². The van der Waals surface area contributed by atoms with Gasteiger partial charge < -0.3 is 15.5 Å². The van der Waals surface area contributed by atoms with Crippen LogP contribution in [0.4, 0.5) is 5.69 Å². The first-order valence-corrected chi connectivity index (χ1v) is 6.14. The second kappa shape index (κ2) is 7.07. The first-order chi connectivity index (χ1) is 9.10. The number of halogens is 1. The molecule has 1 heterocycles. The molecular weight excluding hydrogens is 278 g/mol. The largest absolute Gasteiger partial charge is 0.441 e. The second-order valence-corrected chi connectivity index (χ2v) is 4.48. The Labute approximate surface area is 124 Å². The highest BCUT2D eigenvalue weighted by Crippen LogP contribution is 2.22. The van der Waals surface area contributed by atoms with Gasteiger partial charge in [-0.15, -0.1) is 12.4 Å². The van der Waals surface area contributed by atoms with E-state index in [0.29, 0.717) is 18.1 Å². The molecule has 108 valence electrons. The number of benzene rings is 1. The first kappa shape index (κ1) is 16.2. The number of nitrogens with two attached hydrogens (primary N) is 1. The monoisotopic (exact) mass is 295 g/mol. The summed E-state index contributed by atoms with van der Waals surface area (Å²) < 4.78 is 5.45. The number of hydrogen-bond acceptors (Lipinski definition) is 4. The van der Waals surface area contributed by atoms with E-state index in [1.807, 2.05) is 31.2 Å². The fourth-order valence-corrected chi connectivity index (χ4v) is 1.59. The zero-order chi connectivity index (χ0) is 13.8. The summed E-state index contributed by atoms with van der Waals surface area (Å²) in [6.07, 6.45) is 1.66. The van der Waals surface area contributed by atoms with Gasteiger partial charge in [-0.05, 0) is 25.1 Å². The lowest BCUT2D eigenvalue weighted by atomic mass is 10.1. The van der Waals surface area contributed by atoms with Crippen molar-refractivity contribution in [2.24, 2.45) is 11.7 Å². The van der Waals surface area contributed by atoms with Crippen molar-refractivity contribution in [2.45, 2.75) is 13.8 Å². The van der Waals surface area contributed by atoms with Gasteiger partial charge >= 0.3 is 0 Å². The molecule has 20 heavy (non-hydrogen) atoms. The normalized spacial score (nSPS) is 11.6. The number of aryl methyl sites for hydroxylation is 1. The maximum atomic E-state index is 11.8. The molecule has 5 nitrogen and oxygen atoms in total. The van der Waals surface area contributed by atoms with Crippen LogP contribution >= 0.6 is 12.4 Å². The molecular formula is C14H18ClN3O2. The molecule has 0 fully saturated rings. The van der Waals surface area contributed by atoms with Crippen LogP contribution in [0.5, 0.6) is 0 Å². The maximum absolute atomic E-state index is 11.8. The molecule has 1 aromatic heterocycles. The first-order valence-electron chi connectivity index (χ1n) is 6.14. The number of anilines is 1. The van der Waals surface area contributed by atoms with E-state index in [0.717, 1.165) is 11.3 Å². The molecule has 3 N–H and O–H groups in total. The van der Waals surface area contributed by atoms with E-state index in [9.17, 15) is 4.79 Å². The molecule has 0 radical (unpaired) electrons. The van der Waals surface area contributed by atoms with Crippen molar-refractivity contribution in [3.8, 4) is 11.5 Å². The number of nitrogens with zero attached hydrogens (tertiary/aromatic N) is 1. The number of amides is 1. The van der Waals surface area contributed by atoms with Crippen LogP contribution in [-0.2, 0) is 4.79 Å². The van der Waals surface area contributed by atoms with Crippen molar-refractivity contribution < 1.29 is 9.21 Å². The molecule has 6 heteroatoms. The molecule has 0 bridgehead atoms. The molecule has 0 aliphatic rings. The van der Waals surface area contributed by atoms with Gasteiger partial charge in [-0.2, -0.15) is 0 Å². The lowest BCUT2D eigenvalue weighted by Gasteiger charge is -2.10. The Bertz CT molecular complexity index is 583. The summed E-state index contributed by atoms with van der Waals surface area (Å²) in [5.41, 5.74) is 7.00. The third kappa shape index (κ3) is 3.82. The zero-order valence-corrected chi connectivity index (χ0v) is 12.2. The number of carbonyl (C=O) groups excluding carboxylic acids is 1. The zero-order valence-electron chi connectivity index (χ0n) is 11.4. The standard InChI is InChI=1S/C14H17N3O2.ClH/c1-9(7-15)13(18)17-12-5-3-4-11(6-12)14-16-8-10(2)19-14;/h3-6,8-9H,7,15H2,1-2H3,(H,17,18);1H. The van der Waals surface area contributed by atoms with Crippen LogP contribution in [0.25, 0.3) is 11.5 Å². The molecule has 0 saturated heterocycles. The van der Waals surface area contributed by atoms with E-state index < -0.39 is 0 Å². The Morgan fingerprint density at radius 1 is 1.50 bits per heavy atom. The summed E-state index contributed by atoms with van der Waals surface area (Å²) in [5.74, 6) is 0.984. The van der Waals surface area contributed by atoms with E-state index >= 15 is 0 Å². The van der Waals surface area contributed by atoms with Crippen LogP contribution in [0, 0.1) is 12.8 Å². The van der Waals surface area contributed by atoms with E-state index in [4.69, 9.17) is 10.2 Å². The van der Waals surface area contributed by atoms with Gasteiger partial charge in [0, 0.05) is 23.7 Å². The summed E-state index contributed by atoms with van der Waals surface area (Å²) in [4.78, 5) is 15.9. The Balaban J connectivity index is 0.00000200. The third-order valence-electron chi connectivity index (χ3n) is 2.80. The number of carbonyl (C=O) groups is 1. The van der Waals surface area contributed by atoms with Gasteiger partial charge in [-0.1, -0.05) is 13.0 Å². The molecule has 1 amide bonds. The van der Waals surface area contributed by atoms with Gasteiger partial charge in [0.25, 0.3) is 0 Å². The lowest BCUT2D eigenvalue weighted by Crippen LogP contribution is -2.26. The molecule has 1 unspecified atom stereocenters. The Hall–Kier alpha value is -1.85. The summed E-state index contributed by atoms with van der Waals surface area (Å²) in [5, 5.41) is 2.82. The Kier molecular flexibility index (Phi) is 5.73. The van der Waals surface area contributed by atoms with Crippen LogP contribution in [0.15, 0.2) is 34.9 Å². The Morgan fingerprint density at radius 2 is 2.25 bits per heavy atom. The van der Waals surface area contributed by atoms with Crippen molar-refractivity contribution in [2.75, 3.05) is 11.9 Å². The van der Waals surface area contributed by atoms with Gasteiger partial charge in [0.2, 0.25) is 11.8 Å². The van der Waals surface area contributed by atoms with Crippen molar-refractivity contribution in [1.82, 2.24) is 4.98 Å². The molecule has 2 aromatic rings. The molecule has 1 atom stereocenters. The number of nitrogens with one attached hydrogen (secondary N) is 1. The molecule has 0 spiro atoms. The van der Waals surface area contributed by atoms with E-state index in [1.54, 1.807) is 13.1 Å². The number of oxazole rings is 1. The van der Waals surface area contributed by atoms with Gasteiger partial charge in [0.05, 0.1) is 6.20 Å². The maximum Gasteiger partial charge on any atom is 0.228 e. The predicted octanol–water partition coefficient (Wildman–Crippen LogP) is 2.61. The number of rotatable bonds is 4. The van der Waals surface area contributed by atoms with Crippen LogP contribution in [0.2, 0.25) is 0 Å². The number of aromatic nitrogens is 1. The van der Waals surface area contributed by atoms with Crippen molar-refractivity contribution >= 4 is 24.0 Å². The predicted molar refractivity (Wildman–Crippen MR) is 80.8 cm³/mol. The van der Waals surface area contributed by atoms with Gasteiger partial charge in [-0.25, -0.2) is 4.98 Å². The highest BCUT2D eigenvalue weighted by Gasteiger charge is 2.11. The van der Waals surface area contributed by atoms with Crippen molar-refractivity contribution in [1.29, 1.82) is 0 Å². The van der Waals surface area contributed by atoms with Gasteiger partial charge in [-0.3, -0.25) is 4.79 Å². The smallest absolute Gasteiger partial charge is 0.228 e. The quantitative estimate of drug-likeness (QED) is 0.908. The third-order valence-corrected chi connectivity index (χ3v) is 2.80. The van der Waals surface area contributed by atoms with Gasteiger partial charge in [0.1, 0.15) is 5.76 Å². The molecule has 0 saturated carbocycles. The minimum Gasteiger partial charge on any atom is -0.441 e. The molecule has 0 aliphatic carbocycles. The van der Waals surface area contributed by atoms with Crippen molar-refractivity contribution in [3.05, 3.63) is 36.2 Å². The lowest BCUT2D eigenvalue weighted by molar-refractivity contribution is -0.119. The summed E-state index contributed by atoms with van der Waals surface area (Å²) in [7, 11) is 0. The average Bonchev–Trinajstić information content (AvgIpc) is 2.84. The van der Waals surface area contributed by atoms with E-state index in [1.165, 1.54) is 0 Å². The van der Waals surface area contributed by atoms with Crippen LogP contribution < -0.4 is 11.1 Å². The van der Waals surface area contributed by atoms with Crippen LogP contribution in [0.3, 0.4) is 0 Å². The summed E-state index contributed by atoms with van der Waals surface area (Å²) >= 11 is 0. The highest BCUT2D eigenvalue weighted by molar-refractivity contribution is 5.93. The highest BCUT2D eigenvalue weighted by atomic mass is 35.5. The second-order valence-electron chi connectivity index (χ2n) is 4.48. The Morgan fingerprint density at radius 3 is 2.85 bits per heavy atom. The topological polar surface area (TPSA) is 81.2 Å². The molecule has 2 rings (SSSR count). The molecule has 0 aliphatic heterocycles. The fourth-order valence-electron chi connectivity index (χ4n) is 1.59. The van der Waals surface area contributed by atoms with Crippen molar-refractivity contribution in [3.63, 3.8) is 0 Å².